The minimum absolute atomic E-state index is 0.0333. The Kier molecular flexibility index (Phi) is 37.6. The summed E-state index contributed by atoms with van der Waals surface area (Å²) in [4.78, 5) is 65.5. The van der Waals surface area contributed by atoms with Gasteiger partial charge in [0.2, 0.25) is 0 Å². The number of carboxylic acid groups (broad SMARTS) is 1. The number of hydrogen-bond donors (Lipinski definition) is 1. The molecule has 0 saturated heterocycles. The Bertz CT molecular complexity index is 2170. The highest BCUT2D eigenvalue weighted by Crippen LogP contribution is 2.36. The van der Waals surface area contributed by atoms with Gasteiger partial charge < -0.3 is 33.5 Å². The van der Waals surface area contributed by atoms with Crippen LogP contribution in [0.4, 0.5) is 0 Å². The summed E-state index contributed by atoms with van der Waals surface area (Å²) in [5, 5.41) is 19.7. The maximum atomic E-state index is 12.5. The number of aliphatic carboxylic acids is 1. The zero-order valence-electron chi connectivity index (χ0n) is 43.3. The Morgan fingerprint density at radius 1 is 0.671 bits per heavy atom. The summed E-state index contributed by atoms with van der Waals surface area (Å²) >= 11 is 6.53. The molecule has 0 aliphatic carbocycles. The molecule has 21 heteroatoms. The van der Waals surface area contributed by atoms with Crippen LogP contribution in [0.25, 0.3) is 0 Å². The second-order valence-corrected chi connectivity index (χ2v) is 23.6. The van der Waals surface area contributed by atoms with Crippen LogP contribution in [0.5, 0.6) is 0 Å². The van der Waals surface area contributed by atoms with Gasteiger partial charge in [0, 0.05) is 55.7 Å². The van der Waals surface area contributed by atoms with Gasteiger partial charge in [0.05, 0.1) is 34.3 Å². The number of thioether (sulfide) groups is 1. The number of nitrogens with zero attached hydrogens (tertiary/aromatic N) is 3. The maximum absolute atomic E-state index is 12.5. The van der Waals surface area contributed by atoms with Crippen molar-refractivity contribution in [1.82, 2.24) is 9.97 Å². The van der Waals surface area contributed by atoms with Crippen molar-refractivity contribution in [3.05, 3.63) is 109 Å². The van der Waals surface area contributed by atoms with E-state index in [9.17, 15) is 29.2 Å². The Balaban J connectivity index is 0.00000102. The molecule has 0 saturated carbocycles. The lowest BCUT2D eigenvalue weighted by molar-refractivity contribution is -0.160. The molecular formula is C52H71N3O12S6. The quantitative estimate of drug-likeness (QED) is 0.0171. The SMILES string of the molecule is C=C(C)C(=O)OCCOC.C=C(C)C(=O)OCCSSc1ccccn1.CC(C#N)(CCC(=O)O)SC(=S)c1ccccc1.CCC(C)(CCC(C)(C)C(=O)OCCSSc1ccccn1)C(=O)OCCOC. The molecule has 0 fully saturated rings. The number of ether oxygens (including phenoxy) is 6. The molecule has 1 aromatic carbocycles. The molecule has 0 aliphatic heterocycles. The Hall–Kier alpha value is -4.40. The van der Waals surface area contributed by atoms with Gasteiger partial charge in [0.25, 0.3) is 0 Å². The van der Waals surface area contributed by atoms with E-state index in [1.54, 1.807) is 90.6 Å². The first-order valence-corrected chi connectivity index (χ1v) is 28.8. The standard InChI is InChI=1S/C21H33NO5S2.C13H13NO2S2.C11H13NO2S2.C7H12O3/c1-6-21(4,19(24)26-14-13-25-5)11-10-20(2,3)18(23)27-15-16-28-29-17-9-7-8-12-22-17;1-13(9-14,8-7-11(15)16)18-12(17)10-5-3-2-4-6-10;1-9(2)11(13)14-7-8-15-16-10-5-3-4-6-12-10;1-6(2)7(8)10-5-4-9-3/h7-9,12H,6,10-11,13-16H2,1-5H3;2-6H,7-8H2,1H3,(H,15,16);3-6H,1,7-8H2,2H3;1,4-5H2,2-3H3. The van der Waals surface area contributed by atoms with Crippen LogP contribution in [0.1, 0.15) is 86.1 Å². The van der Waals surface area contributed by atoms with Crippen molar-refractivity contribution in [3.8, 4) is 6.07 Å². The molecule has 0 spiro atoms. The summed E-state index contributed by atoms with van der Waals surface area (Å²) in [6, 6.07) is 23.1. The average Bonchev–Trinajstić information content (AvgIpc) is 3.38. The monoisotopic (exact) mass is 1120 g/mol. The molecular weight excluding hydrogens is 1050 g/mol. The molecule has 0 amide bonds. The summed E-state index contributed by atoms with van der Waals surface area (Å²) < 4.78 is 29.8. The Morgan fingerprint density at radius 2 is 1.14 bits per heavy atom. The molecule has 0 bridgehead atoms. The van der Waals surface area contributed by atoms with Crippen molar-refractivity contribution < 1.29 is 57.5 Å². The zero-order valence-corrected chi connectivity index (χ0v) is 48.2. The lowest BCUT2D eigenvalue weighted by Crippen LogP contribution is -2.34. The molecule has 3 aromatic rings. The third kappa shape index (κ3) is 33.2. The smallest absolute Gasteiger partial charge is 0.333 e. The van der Waals surface area contributed by atoms with Crippen molar-refractivity contribution in [3.63, 3.8) is 0 Å². The second-order valence-electron chi connectivity index (χ2n) is 16.5. The lowest BCUT2D eigenvalue weighted by atomic mass is 9.76. The number of carbonyl (C=O) groups excluding carboxylic acids is 4. The Morgan fingerprint density at radius 3 is 1.58 bits per heavy atom. The highest BCUT2D eigenvalue weighted by molar-refractivity contribution is 8.77. The molecule has 15 nitrogen and oxygen atoms in total. The van der Waals surface area contributed by atoms with Crippen molar-refractivity contribution in [2.24, 2.45) is 10.8 Å². The maximum Gasteiger partial charge on any atom is 0.333 e. The van der Waals surface area contributed by atoms with E-state index in [1.165, 1.54) is 11.8 Å². The number of thiocarbonyl (C=S) groups is 1. The van der Waals surface area contributed by atoms with Gasteiger partial charge in [-0.1, -0.05) is 108 Å². The van der Waals surface area contributed by atoms with Crippen LogP contribution in [0.2, 0.25) is 0 Å². The first-order chi connectivity index (χ1) is 34.6. The molecule has 0 aliphatic rings. The third-order valence-corrected chi connectivity index (χ3v) is 15.7. The third-order valence-electron chi connectivity index (χ3n) is 9.61. The lowest BCUT2D eigenvalue weighted by Gasteiger charge is -2.30. The number of hydrogen-bond acceptors (Lipinski definition) is 20. The van der Waals surface area contributed by atoms with Gasteiger partial charge in [-0.15, -0.1) is 0 Å². The van der Waals surface area contributed by atoms with Gasteiger partial charge >= 0.3 is 29.8 Å². The molecule has 2 unspecified atom stereocenters. The first kappa shape index (κ1) is 68.6. The van der Waals surface area contributed by atoms with Crippen LogP contribution in [0, 0.1) is 22.2 Å². The predicted molar refractivity (Wildman–Crippen MR) is 300 cm³/mol. The summed E-state index contributed by atoms with van der Waals surface area (Å²) in [5.74, 6) is -0.665. The summed E-state index contributed by atoms with van der Waals surface area (Å²) in [7, 11) is 9.46. The first-order valence-electron chi connectivity index (χ1n) is 22.9. The van der Waals surface area contributed by atoms with Gasteiger partial charge in [0.1, 0.15) is 41.2 Å². The van der Waals surface area contributed by atoms with E-state index in [-0.39, 0.29) is 43.3 Å². The van der Waals surface area contributed by atoms with Gasteiger partial charge in [-0.3, -0.25) is 14.4 Å². The van der Waals surface area contributed by atoms with E-state index in [0.29, 0.717) is 73.4 Å². The van der Waals surface area contributed by atoms with E-state index >= 15 is 0 Å². The average molecular weight is 1120 g/mol. The predicted octanol–water partition coefficient (Wildman–Crippen LogP) is 11.7. The van der Waals surface area contributed by atoms with Gasteiger partial charge in [0.15, 0.2) is 0 Å². The second kappa shape index (κ2) is 40.0. The van der Waals surface area contributed by atoms with Gasteiger partial charge in [-0.2, -0.15) is 5.26 Å². The van der Waals surface area contributed by atoms with Crippen LogP contribution in [0.3, 0.4) is 0 Å². The molecule has 1 N–H and O–H groups in total. The minimum atomic E-state index is -0.900. The fourth-order valence-electron chi connectivity index (χ4n) is 4.81. The summed E-state index contributed by atoms with van der Waals surface area (Å²) in [6.45, 7) is 21.5. The van der Waals surface area contributed by atoms with Crippen molar-refractivity contribution in [2.45, 2.75) is 95.4 Å². The fraction of sp³-hybridized carbons (Fsp3) is 0.481. The summed E-state index contributed by atoms with van der Waals surface area (Å²) in [5.41, 5.74) is 0.440. The number of nitriles is 1. The van der Waals surface area contributed by atoms with Crippen LogP contribution < -0.4 is 0 Å². The molecule has 2 aromatic heterocycles. The van der Waals surface area contributed by atoms with Crippen LogP contribution in [-0.2, 0) is 52.4 Å². The minimum Gasteiger partial charge on any atom is -0.481 e. The highest BCUT2D eigenvalue weighted by atomic mass is 33.1. The zero-order chi connectivity index (χ0) is 55.1. The largest absolute Gasteiger partial charge is 0.481 e. The normalized spacial score (nSPS) is 12.1. The van der Waals surface area contributed by atoms with E-state index < -0.39 is 21.5 Å². The number of carboxylic acids is 1. The number of esters is 4. The number of aromatic nitrogens is 2. The topological polar surface area (TPSA) is 211 Å². The van der Waals surface area contributed by atoms with E-state index in [4.69, 9.17) is 36.3 Å². The molecule has 73 heavy (non-hydrogen) atoms. The molecule has 3 rings (SSSR count). The molecule has 402 valence electrons. The Labute approximate surface area is 457 Å². The van der Waals surface area contributed by atoms with Gasteiger partial charge in [-0.05, 0) is 119 Å². The molecule has 0 radical (unpaired) electrons. The number of methoxy groups -OCH3 is 2. The fourth-order valence-corrected chi connectivity index (χ4v) is 9.82. The van der Waals surface area contributed by atoms with Crippen LogP contribution in [0.15, 0.2) is 113 Å². The van der Waals surface area contributed by atoms with E-state index in [2.05, 4.69) is 38.7 Å². The van der Waals surface area contributed by atoms with Gasteiger partial charge in [-0.25, -0.2) is 19.6 Å². The summed E-state index contributed by atoms with van der Waals surface area (Å²) in [6.07, 6.45) is 5.50. The number of pyridine rings is 2. The van der Waals surface area contributed by atoms with Crippen molar-refractivity contribution >= 4 is 101 Å². The van der Waals surface area contributed by atoms with E-state index in [0.717, 1.165) is 21.4 Å². The number of rotatable bonds is 29. The van der Waals surface area contributed by atoms with Crippen LogP contribution >= 0.6 is 67.2 Å². The number of carbonyl (C=O) groups is 5. The van der Waals surface area contributed by atoms with Crippen LogP contribution in [-0.4, -0.2) is 119 Å². The highest BCUT2D eigenvalue weighted by Gasteiger charge is 2.38. The van der Waals surface area contributed by atoms with Crippen molar-refractivity contribution in [2.75, 3.05) is 65.4 Å². The van der Waals surface area contributed by atoms with Crippen molar-refractivity contribution in [1.29, 1.82) is 5.26 Å². The number of benzene rings is 1. The van der Waals surface area contributed by atoms with E-state index in [1.807, 2.05) is 94.4 Å². The molecule has 2 atom stereocenters. The molecule has 2 heterocycles.